The molecule has 0 atom stereocenters. The van der Waals surface area contributed by atoms with Crippen molar-refractivity contribution in [3.63, 3.8) is 0 Å². The molecule has 0 amide bonds. The molecule has 2 aromatic rings. The Morgan fingerprint density at radius 3 is 1.81 bits per heavy atom. The van der Waals surface area contributed by atoms with E-state index in [0.29, 0.717) is 13.2 Å². The highest BCUT2D eigenvalue weighted by molar-refractivity contribution is 5.88. The Hall–Kier alpha value is -1.46. The zero-order chi connectivity index (χ0) is 18.7. The number of hydrogen-bond acceptors (Lipinski definition) is 4. The second kappa shape index (κ2) is 7.88. The van der Waals surface area contributed by atoms with Crippen molar-refractivity contribution in [3.8, 4) is 0 Å². The van der Waals surface area contributed by atoms with Crippen molar-refractivity contribution in [1.29, 1.82) is 0 Å². The fourth-order valence-electron chi connectivity index (χ4n) is 3.77. The third kappa shape index (κ3) is 4.04. The van der Waals surface area contributed by atoms with Gasteiger partial charge in [0.1, 0.15) is 0 Å². The summed E-state index contributed by atoms with van der Waals surface area (Å²) in [4.78, 5) is 0. The topological polar surface area (TPSA) is 36.9 Å². The molecule has 2 aliphatic rings. The van der Waals surface area contributed by atoms with Crippen LogP contribution in [0.25, 0.3) is 10.8 Å². The molecule has 0 spiro atoms. The van der Waals surface area contributed by atoms with Gasteiger partial charge < -0.3 is 18.9 Å². The van der Waals surface area contributed by atoms with Gasteiger partial charge in [-0.1, -0.05) is 50.2 Å². The second-order valence-electron chi connectivity index (χ2n) is 8.56. The minimum Gasteiger partial charge on any atom is -0.380 e. The average molecular weight is 370 g/mol. The van der Waals surface area contributed by atoms with Crippen LogP contribution in [-0.2, 0) is 32.2 Å². The molecule has 0 radical (unpaired) electrons. The summed E-state index contributed by atoms with van der Waals surface area (Å²) in [6.45, 7) is 10.5. The summed E-state index contributed by atoms with van der Waals surface area (Å²) in [7, 11) is 0. The standard InChI is InChI=1S/C23H30O4/c1-3-23(16-27-17-23)15-25-11-19-9-8-18(20-6-4-5-7-21(19)20)10-24-12-22(2)13-26-14-22/h4-9H,3,10-17H2,1-2H3. The Bertz CT molecular complexity index is 772. The summed E-state index contributed by atoms with van der Waals surface area (Å²) in [6.07, 6.45) is 1.11. The number of hydrogen-bond donors (Lipinski definition) is 0. The Morgan fingerprint density at radius 2 is 1.37 bits per heavy atom. The molecule has 27 heavy (non-hydrogen) atoms. The highest BCUT2D eigenvalue weighted by atomic mass is 16.5. The van der Waals surface area contributed by atoms with E-state index in [9.17, 15) is 0 Å². The van der Waals surface area contributed by atoms with E-state index in [1.165, 1.54) is 21.9 Å². The Morgan fingerprint density at radius 1 is 0.815 bits per heavy atom. The van der Waals surface area contributed by atoms with Crippen molar-refractivity contribution in [2.45, 2.75) is 33.5 Å². The highest BCUT2D eigenvalue weighted by Gasteiger charge is 2.37. The summed E-state index contributed by atoms with van der Waals surface area (Å²) in [5, 5.41) is 2.51. The molecule has 2 heterocycles. The number of benzene rings is 2. The van der Waals surface area contributed by atoms with Crippen molar-refractivity contribution in [3.05, 3.63) is 47.5 Å². The lowest BCUT2D eigenvalue weighted by Gasteiger charge is -2.40. The van der Waals surface area contributed by atoms with E-state index in [4.69, 9.17) is 18.9 Å². The van der Waals surface area contributed by atoms with Crippen LogP contribution in [0.1, 0.15) is 31.4 Å². The van der Waals surface area contributed by atoms with Crippen LogP contribution in [-0.4, -0.2) is 39.6 Å². The van der Waals surface area contributed by atoms with E-state index < -0.39 is 0 Å². The van der Waals surface area contributed by atoms with E-state index in [0.717, 1.165) is 46.1 Å². The normalized spacial score (nSPS) is 20.2. The van der Waals surface area contributed by atoms with Gasteiger partial charge in [0.2, 0.25) is 0 Å². The minimum absolute atomic E-state index is 0.185. The molecule has 0 saturated carbocycles. The van der Waals surface area contributed by atoms with E-state index in [1.807, 2.05) is 0 Å². The van der Waals surface area contributed by atoms with Crippen LogP contribution in [0.2, 0.25) is 0 Å². The summed E-state index contributed by atoms with van der Waals surface area (Å²) < 4.78 is 22.8. The zero-order valence-corrected chi connectivity index (χ0v) is 16.5. The van der Waals surface area contributed by atoms with E-state index in [2.05, 4.69) is 50.2 Å². The van der Waals surface area contributed by atoms with Crippen LogP contribution < -0.4 is 0 Å². The number of ether oxygens (including phenoxy) is 4. The van der Waals surface area contributed by atoms with Gasteiger partial charge in [-0.3, -0.25) is 0 Å². The smallest absolute Gasteiger partial charge is 0.0723 e. The number of fused-ring (bicyclic) bond motifs is 1. The first-order chi connectivity index (χ1) is 13.1. The predicted octanol–water partition coefficient (Wildman–Crippen LogP) is 4.34. The van der Waals surface area contributed by atoms with Crippen molar-refractivity contribution in [2.75, 3.05) is 39.6 Å². The Kier molecular flexibility index (Phi) is 5.51. The third-order valence-corrected chi connectivity index (χ3v) is 5.95. The molecular formula is C23H30O4. The molecule has 4 heteroatoms. The Balaban J connectivity index is 1.41. The maximum atomic E-state index is 6.09. The summed E-state index contributed by atoms with van der Waals surface area (Å²) in [6, 6.07) is 12.9. The first-order valence-electron chi connectivity index (χ1n) is 9.94. The quantitative estimate of drug-likeness (QED) is 0.658. The molecule has 2 fully saturated rings. The van der Waals surface area contributed by atoms with Crippen LogP contribution in [0, 0.1) is 10.8 Å². The van der Waals surface area contributed by atoms with Crippen molar-refractivity contribution < 1.29 is 18.9 Å². The van der Waals surface area contributed by atoms with Crippen LogP contribution in [0.5, 0.6) is 0 Å². The summed E-state index contributed by atoms with van der Waals surface area (Å²) in [5.41, 5.74) is 2.88. The second-order valence-corrected chi connectivity index (χ2v) is 8.56. The highest BCUT2D eigenvalue weighted by Crippen LogP contribution is 2.32. The van der Waals surface area contributed by atoms with Gasteiger partial charge in [0, 0.05) is 10.8 Å². The molecule has 0 N–H and O–H groups in total. The minimum atomic E-state index is 0.185. The monoisotopic (exact) mass is 370 g/mol. The zero-order valence-electron chi connectivity index (χ0n) is 16.5. The third-order valence-electron chi connectivity index (χ3n) is 5.95. The molecule has 0 bridgehead atoms. The molecule has 2 saturated heterocycles. The van der Waals surface area contributed by atoms with Gasteiger partial charge in [-0.2, -0.15) is 0 Å². The fourth-order valence-corrected chi connectivity index (χ4v) is 3.77. The van der Waals surface area contributed by atoms with Crippen LogP contribution in [0.4, 0.5) is 0 Å². The van der Waals surface area contributed by atoms with Crippen molar-refractivity contribution in [2.24, 2.45) is 10.8 Å². The lowest BCUT2D eigenvalue weighted by molar-refractivity contribution is -0.152. The SMILES string of the molecule is CCC1(COCc2ccc(COCC3(C)COC3)c3ccccc23)COC1. The lowest BCUT2D eigenvalue weighted by atomic mass is 9.84. The predicted molar refractivity (Wildman–Crippen MR) is 106 cm³/mol. The molecule has 146 valence electrons. The van der Waals surface area contributed by atoms with Gasteiger partial charge in [-0.05, 0) is 28.3 Å². The van der Waals surface area contributed by atoms with Crippen LogP contribution in [0.15, 0.2) is 36.4 Å². The average Bonchev–Trinajstić information content (AvgIpc) is 2.63. The maximum absolute atomic E-state index is 6.09. The van der Waals surface area contributed by atoms with E-state index >= 15 is 0 Å². The van der Waals surface area contributed by atoms with Gasteiger partial charge in [-0.25, -0.2) is 0 Å². The van der Waals surface area contributed by atoms with Crippen LogP contribution >= 0.6 is 0 Å². The Labute approximate surface area is 161 Å². The maximum Gasteiger partial charge on any atom is 0.0723 e. The van der Waals surface area contributed by atoms with E-state index in [1.54, 1.807) is 0 Å². The summed E-state index contributed by atoms with van der Waals surface area (Å²) in [5.74, 6) is 0. The van der Waals surface area contributed by atoms with Gasteiger partial charge in [0.25, 0.3) is 0 Å². The molecule has 0 unspecified atom stereocenters. The van der Waals surface area contributed by atoms with E-state index in [-0.39, 0.29) is 10.8 Å². The van der Waals surface area contributed by atoms with Crippen LogP contribution in [0.3, 0.4) is 0 Å². The lowest BCUT2D eigenvalue weighted by Crippen LogP contribution is -2.45. The molecule has 0 aliphatic carbocycles. The molecule has 4 nitrogen and oxygen atoms in total. The van der Waals surface area contributed by atoms with Gasteiger partial charge in [0.05, 0.1) is 52.9 Å². The largest absolute Gasteiger partial charge is 0.380 e. The molecule has 2 aliphatic heterocycles. The first-order valence-corrected chi connectivity index (χ1v) is 9.94. The molecular weight excluding hydrogens is 340 g/mol. The number of rotatable bonds is 9. The molecule has 2 aromatic carbocycles. The van der Waals surface area contributed by atoms with Crippen molar-refractivity contribution in [1.82, 2.24) is 0 Å². The van der Waals surface area contributed by atoms with Crippen molar-refractivity contribution >= 4 is 10.8 Å². The van der Waals surface area contributed by atoms with Gasteiger partial charge in [-0.15, -0.1) is 0 Å². The fraction of sp³-hybridized carbons (Fsp3) is 0.565. The molecule has 4 rings (SSSR count). The van der Waals surface area contributed by atoms with Gasteiger partial charge in [0.15, 0.2) is 0 Å². The summed E-state index contributed by atoms with van der Waals surface area (Å²) >= 11 is 0. The first kappa shape index (κ1) is 18.9. The van der Waals surface area contributed by atoms with Gasteiger partial charge >= 0.3 is 0 Å². The molecule has 0 aromatic heterocycles.